The van der Waals surface area contributed by atoms with Crippen molar-refractivity contribution in [2.75, 3.05) is 0 Å². The maximum absolute atomic E-state index is 12.0. The Kier molecular flexibility index (Phi) is 7.61. The Morgan fingerprint density at radius 2 is 1.85 bits per heavy atom. The van der Waals surface area contributed by atoms with E-state index >= 15 is 0 Å². The molecule has 0 unspecified atom stereocenters. The van der Waals surface area contributed by atoms with Crippen molar-refractivity contribution in [2.45, 2.75) is 85.7 Å². The third-order valence-corrected chi connectivity index (χ3v) is 4.66. The van der Waals surface area contributed by atoms with E-state index in [2.05, 4.69) is 34.6 Å². The molecule has 0 aromatic heterocycles. The van der Waals surface area contributed by atoms with Crippen LogP contribution in [0.5, 0.6) is 0 Å². The van der Waals surface area contributed by atoms with Crippen molar-refractivity contribution in [1.29, 1.82) is 0 Å². The Hall–Kier alpha value is -0.530. The number of esters is 1. The van der Waals surface area contributed by atoms with Crippen LogP contribution in [-0.2, 0) is 9.53 Å². The van der Waals surface area contributed by atoms with E-state index in [9.17, 15) is 4.79 Å². The quantitative estimate of drug-likeness (QED) is 0.473. The summed E-state index contributed by atoms with van der Waals surface area (Å²) in [6, 6.07) is 0. The van der Waals surface area contributed by atoms with E-state index in [4.69, 9.17) is 4.74 Å². The van der Waals surface area contributed by atoms with Crippen LogP contribution in [0, 0.1) is 23.7 Å². The number of hydrogen-bond donors (Lipinski definition) is 0. The van der Waals surface area contributed by atoms with Crippen LogP contribution in [0.3, 0.4) is 0 Å². The van der Waals surface area contributed by atoms with E-state index < -0.39 is 0 Å². The first-order chi connectivity index (χ1) is 9.40. The molecule has 1 aliphatic carbocycles. The van der Waals surface area contributed by atoms with Crippen LogP contribution in [0.4, 0.5) is 0 Å². The monoisotopic (exact) mass is 282 g/mol. The van der Waals surface area contributed by atoms with Gasteiger partial charge in [-0.05, 0) is 42.9 Å². The predicted molar refractivity (Wildman–Crippen MR) is 84.5 cm³/mol. The molecule has 2 nitrogen and oxygen atoms in total. The summed E-state index contributed by atoms with van der Waals surface area (Å²) in [5.74, 6) is 2.63. The first-order valence-electron chi connectivity index (χ1n) is 8.59. The van der Waals surface area contributed by atoms with Crippen LogP contribution in [-0.4, -0.2) is 12.1 Å². The van der Waals surface area contributed by atoms with Gasteiger partial charge in [0.15, 0.2) is 0 Å². The first kappa shape index (κ1) is 17.5. The number of hydrogen-bond acceptors (Lipinski definition) is 2. The second kappa shape index (κ2) is 8.69. The molecule has 0 amide bonds. The minimum atomic E-state index is 0.0264. The smallest absolute Gasteiger partial charge is 0.306 e. The average molecular weight is 282 g/mol. The van der Waals surface area contributed by atoms with Gasteiger partial charge in [-0.15, -0.1) is 0 Å². The highest BCUT2D eigenvalue weighted by molar-refractivity contribution is 5.69. The Morgan fingerprint density at radius 3 is 2.45 bits per heavy atom. The Morgan fingerprint density at radius 1 is 1.15 bits per heavy atom. The molecule has 118 valence electrons. The van der Waals surface area contributed by atoms with Crippen LogP contribution in [0.15, 0.2) is 0 Å². The summed E-state index contributed by atoms with van der Waals surface area (Å²) in [4.78, 5) is 12.0. The van der Waals surface area contributed by atoms with E-state index in [1.807, 2.05) is 0 Å². The standard InChI is InChI=1S/C18H34O2/c1-13(2)8-6-7-9-18(19)20-17-12-15(5)10-11-16(17)14(3)4/h13-17H,6-12H2,1-5H3/t15-,16+,17-/m1/s1. The van der Waals surface area contributed by atoms with E-state index in [1.54, 1.807) is 0 Å². The molecule has 0 saturated heterocycles. The van der Waals surface area contributed by atoms with Crippen LogP contribution in [0.25, 0.3) is 0 Å². The molecule has 1 saturated carbocycles. The summed E-state index contributed by atoms with van der Waals surface area (Å²) in [6.45, 7) is 11.2. The summed E-state index contributed by atoms with van der Waals surface area (Å²) in [5, 5.41) is 0. The van der Waals surface area contributed by atoms with E-state index in [-0.39, 0.29) is 12.1 Å². The van der Waals surface area contributed by atoms with Crippen molar-refractivity contribution in [3.63, 3.8) is 0 Å². The fourth-order valence-corrected chi connectivity index (χ4v) is 3.30. The molecule has 1 aliphatic rings. The topological polar surface area (TPSA) is 26.3 Å². The van der Waals surface area contributed by atoms with Gasteiger partial charge in [0.25, 0.3) is 0 Å². The van der Waals surface area contributed by atoms with Crippen molar-refractivity contribution in [3.05, 3.63) is 0 Å². The van der Waals surface area contributed by atoms with Gasteiger partial charge in [-0.2, -0.15) is 0 Å². The maximum atomic E-state index is 12.0. The highest BCUT2D eigenvalue weighted by Crippen LogP contribution is 2.35. The molecule has 0 spiro atoms. The zero-order valence-electron chi connectivity index (χ0n) is 14.2. The van der Waals surface area contributed by atoms with Crippen molar-refractivity contribution in [1.82, 2.24) is 0 Å². The van der Waals surface area contributed by atoms with Gasteiger partial charge in [0.1, 0.15) is 6.10 Å². The van der Waals surface area contributed by atoms with Gasteiger partial charge in [0.05, 0.1) is 0 Å². The molecule has 1 rings (SSSR count). The predicted octanol–water partition coefficient (Wildman–Crippen LogP) is 5.21. The SMILES string of the molecule is CC(C)CCCCC(=O)O[C@@H]1C[C@H](C)CC[C@H]1C(C)C. The molecular formula is C18H34O2. The van der Waals surface area contributed by atoms with Crippen molar-refractivity contribution >= 4 is 5.97 Å². The second-order valence-electron chi connectivity index (χ2n) is 7.49. The minimum absolute atomic E-state index is 0.0264. The molecule has 0 bridgehead atoms. The molecule has 0 radical (unpaired) electrons. The van der Waals surface area contributed by atoms with Gasteiger partial charge in [0.2, 0.25) is 0 Å². The third kappa shape index (κ3) is 6.28. The molecule has 2 heteroatoms. The zero-order valence-corrected chi connectivity index (χ0v) is 14.2. The maximum Gasteiger partial charge on any atom is 0.306 e. The van der Waals surface area contributed by atoms with Crippen LogP contribution < -0.4 is 0 Å². The van der Waals surface area contributed by atoms with Gasteiger partial charge < -0.3 is 4.74 Å². The fraction of sp³-hybridized carbons (Fsp3) is 0.944. The third-order valence-electron chi connectivity index (χ3n) is 4.66. The van der Waals surface area contributed by atoms with Crippen LogP contribution >= 0.6 is 0 Å². The number of carbonyl (C=O) groups is 1. The second-order valence-corrected chi connectivity index (χ2v) is 7.49. The van der Waals surface area contributed by atoms with Gasteiger partial charge in [-0.3, -0.25) is 4.79 Å². The summed E-state index contributed by atoms with van der Waals surface area (Å²) < 4.78 is 5.80. The molecule has 1 fully saturated rings. The van der Waals surface area contributed by atoms with Crippen LogP contribution in [0.2, 0.25) is 0 Å². The Balaban J connectivity index is 2.33. The zero-order chi connectivity index (χ0) is 15.1. The number of carbonyl (C=O) groups excluding carboxylic acids is 1. The lowest BCUT2D eigenvalue weighted by molar-refractivity contribution is -0.156. The lowest BCUT2D eigenvalue weighted by Gasteiger charge is -2.36. The summed E-state index contributed by atoms with van der Waals surface area (Å²) in [6.07, 6.45) is 7.64. The molecule has 20 heavy (non-hydrogen) atoms. The number of ether oxygens (including phenoxy) is 1. The van der Waals surface area contributed by atoms with Gasteiger partial charge in [0, 0.05) is 6.42 Å². The van der Waals surface area contributed by atoms with E-state index in [0.717, 1.165) is 25.2 Å². The summed E-state index contributed by atoms with van der Waals surface area (Å²) >= 11 is 0. The highest BCUT2D eigenvalue weighted by Gasteiger charge is 2.33. The molecular weight excluding hydrogens is 248 g/mol. The molecule has 0 aliphatic heterocycles. The minimum Gasteiger partial charge on any atom is -0.462 e. The Bertz CT molecular complexity index is 283. The molecule has 0 heterocycles. The van der Waals surface area contributed by atoms with Crippen LogP contribution in [0.1, 0.15) is 79.6 Å². The first-order valence-corrected chi connectivity index (χ1v) is 8.59. The summed E-state index contributed by atoms with van der Waals surface area (Å²) in [5.41, 5.74) is 0. The Labute approximate surface area is 125 Å². The summed E-state index contributed by atoms with van der Waals surface area (Å²) in [7, 11) is 0. The molecule has 0 aromatic rings. The molecule has 3 atom stereocenters. The largest absolute Gasteiger partial charge is 0.462 e. The molecule has 0 N–H and O–H groups in total. The van der Waals surface area contributed by atoms with Gasteiger partial charge in [-0.1, -0.05) is 53.9 Å². The van der Waals surface area contributed by atoms with E-state index in [0.29, 0.717) is 24.2 Å². The lowest BCUT2D eigenvalue weighted by atomic mass is 9.75. The van der Waals surface area contributed by atoms with Crippen molar-refractivity contribution < 1.29 is 9.53 Å². The van der Waals surface area contributed by atoms with E-state index in [1.165, 1.54) is 19.3 Å². The normalized spacial score (nSPS) is 27.1. The number of unbranched alkanes of at least 4 members (excludes halogenated alkanes) is 1. The highest BCUT2D eigenvalue weighted by atomic mass is 16.5. The van der Waals surface area contributed by atoms with Gasteiger partial charge >= 0.3 is 5.97 Å². The van der Waals surface area contributed by atoms with Crippen molar-refractivity contribution in [3.8, 4) is 0 Å². The number of rotatable bonds is 7. The molecule has 0 aromatic carbocycles. The average Bonchev–Trinajstić information content (AvgIpc) is 2.34. The lowest BCUT2D eigenvalue weighted by Crippen LogP contribution is -2.35. The van der Waals surface area contributed by atoms with Crippen molar-refractivity contribution in [2.24, 2.45) is 23.7 Å². The fourth-order valence-electron chi connectivity index (χ4n) is 3.30. The van der Waals surface area contributed by atoms with Gasteiger partial charge in [-0.25, -0.2) is 0 Å².